The van der Waals surface area contributed by atoms with Crippen LogP contribution in [0.3, 0.4) is 0 Å². The van der Waals surface area contributed by atoms with Gasteiger partial charge >= 0.3 is 12.4 Å². The first-order valence-corrected chi connectivity index (χ1v) is 13.8. The van der Waals surface area contributed by atoms with Crippen molar-refractivity contribution in [2.45, 2.75) is 38.7 Å². The van der Waals surface area contributed by atoms with E-state index in [2.05, 4.69) is 15.0 Å². The Kier molecular flexibility index (Phi) is 9.75. The van der Waals surface area contributed by atoms with Gasteiger partial charge in [-0.05, 0) is 70.3 Å². The number of hydrogen-bond donors (Lipinski definition) is 1. The molecule has 1 aliphatic heterocycles. The topological polar surface area (TPSA) is 64.2 Å². The quantitative estimate of drug-likeness (QED) is 0.143. The fourth-order valence-electron chi connectivity index (χ4n) is 5.20. The summed E-state index contributed by atoms with van der Waals surface area (Å²) >= 11 is 0. The Balaban J connectivity index is 1.63. The second kappa shape index (κ2) is 13.0. The lowest BCUT2D eigenvalue weighted by Gasteiger charge is -2.41. The number of aromatic nitrogens is 1. The highest BCUT2D eigenvalue weighted by atomic mass is 19.4. The van der Waals surface area contributed by atoms with Crippen molar-refractivity contribution in [2.24, 2.45) is 5.16 Å². The molecule has 234 valence electrons. The molecule has 1 aromatic heterocycles. The van der Waals surface area contributed by atoms with Gasteiger partial charge in [-0.3, -0.25) is 9.69 Å². The van der Waals surface area contributed by atoms with Crippen LogP contribution in [0.4, 0.5) is 26.3 Å². The van der Waals surface area contributed by atoms with Crippen LogP contribution in [-0.4, -0.2) is 90.8 Å². The number of fused-ring (bicyclic) bond motifs is 1. The van der Waals surface area contributed by atoms with Crippen molar-refractivity contribution in [3.63, 3.8) is 0 Å². The van der Waals surface area contributed by atoms with E-state index in [1.807, 2.05) is 57.2 Å². The van der Waals surface area contributed by atoms with Crippen molar-refractivity contribution in [3.05, 3.63) is 70.4 Å². The number of rotatable bonds is 9. The predicted octanol–water partition coefficient (Wildman–Crippen LogP) is 5.84. The first-order chi connectivity index (χ1) is 20.1. The van der Waals surface area contributed by atoms with Gasteiger partial charge < -0.3 is 19.6 Å². The number of carbonyl (C=O) groups excluding carboxylic acids is 1. The van der Waals surface area contributed by atoms with Crippen molar-refractivity contribution in [2.75, 3.05) is 53.4 Å². The molecule has 0 radical (unpaired) electrons. The van der Waals surface area contributed by atoms with Crippen LogP contribution >= 0.6 is 0 Å². The molecule has 13 heteroatoms. The summed E-state index contributed by atoms with van der Waals surface area (Å²) in [6.45, 7) is 6.08. The van der Waals surface area contributed by atoms with Gasteiger partial charge in [0.15, 0.2) is 0 Å². The van der Waals surface area contributed by atoms with Crippen LogP contribution in [0.15, 0.2) is 47.8 Å². The Morgan fingerprint density at radius 2 is 1.72 bits per heavy atom. The first kappa shape index (κ1) is 32.3. The normalized spacial score (nSPS) is 17.2. The molecule has 1 fully saturated rings. The molecule has 1 unspecified atom stereocenters. The molecule has 2 heterocycles. The minimum atomic E-state index is -5.05. The highest BCUT2D eigenvalue weighted by Gasteiger charge is 2.39. The van der Waals surface area contributed by atoms with Crippen LogP contribution in [-0.2, 0) is 23.6 Å². The molecule has 0 saturated carbocycles. The van der Waals surface area contributed by atoms with E-state index < -0.39 is 41.0 Å². The summed E-state index contributed by atoms with van der Waals surface area (Å²) < 4.78 is 81.3. The monoisotopic (exact) mass is 611 g/mol. The average molecular weight is 612 g/mol. The number of nitrogens with one attached hydrogen (secondary N) is 1. The van der Waals surface area contributed by atoms with Gasteiger partial charge in [-0.15, -0.1) is 0 Å². The largest absolute Gasteiger partial charge is 0.416 e. The smallest absolute Gasteiger partial charge is 0.394 e. The summed E-state index contributed by atoms with van der Waals surface area (Å²) in [6.07, 6.45) is -7.95. The average Bonchev–Trinajstić information content (AvgIpc) is 3.31. The Bertz CT molecular complexity index is 1430. The molecule has 43 heavy (non-hydrogen) atoms. The lowest BCUT2D eigenvalue weighted by Crippen LogP contribution is -2.56. The van der Waals surface area contributed by atoms with E-state index in [0.717, 1.165) is 22.0 Å². The van der Waals surface area contributed by atoms with E-state index in [0.29, 0.717) is 57.1 Å². The minimum absolute atomic E-state index is 0.0310. The van der Waals surface area contributed by atoms with Gasteiger partial charge in [0, 0.05) is 61.4 Å². The number of carbonyl (C=O) groups is 1. The van der Waals surface area contributed by atoms with Crippen molar-refractivity contribution in [3.8, 4) is 0 Å². The standard InChI is InChI=1S/C30H35F6N5O2/c1-19-5-6-27-26(11-19)22(16-37-27)14-25-18-40(17-20(2)38-43-10-9-39(3)4)7-8-41(25)28(42)21-12-23(29(31,32)33)15-24(13-21)30(34,35)36/h5-6,11-13,15-16,25,37H,7-10,14,17-18H2,1-4H3/b38-20+. The molecule has 0 aliphatic carbocycles. The lowest BCUT2D eigenvalue weighted by atomic mass is 9.98. The van der Waals surface area contributed by atoms with Gasteiger partial charge in [-0.2, -0.15) is 26.3 Å². The summed E-state index contributed by atoms with van der Waals surface area (Å²) in [5.74, 6) is -0.880. The van der Waals surface area contributed by atoms with Crippen LogP contribution in [0.5, 0.6) is 0 Å². The second-order valence-corrected chi connectivity index (χ2v) is 11.2. The highest BCUT2D eigenvalue weighted by molar-refractivity contribution is 5.95. The molecule has 1 atom stereocenters. The number of nitrogens with zero attached hydrogens (tertiary/aromatic N) is 4. The molecule has 7 nitrogen and oxygen atoms in total. The molecule has 4 rings (SSSR count). The zero-order valence-electron chi connectivity index (χ0n) is 24.4. The number of H-pyrrole nitrogens is 1. The van der Waals surface area contributed by atoms with Gasteiger partial charge in [0.05, 0.1) is 16.8 Å². The molecule has 3 aromatic rings. The van der Waals surface area contributed by atoms with Crippen molar-refractivity contribution in [1.82, 2.24) is 19.7 Å². The Labute approximate surface area is 246 Å². The number of likely N-dealkylation sites (N-methyl/N-ethyl adjacent to an activating group) is 1. The van der Waals surface area contributed by atoms with Gasteiger partial charge in [0.1, 0.15) is 6.61 Å². The van der Waals surface area contributed by atoms with Crippen LogP contribution in [0.2, 0.25) is 0 Å². The molecule has 0 spiro atoms. The van der Waals surface area contributed by atoms with E-state index in [9.17, 15) is 31.1 Å². The number of alkyl halides is 6. The molecular formula is C30H35F6N5O2. The molecule has 0 bridgehead atoms. The van der Waals surface area contributed by atoms with Crippen LogP contribution in [0.1, 0.15) is 39.5 Å². The fourth-order valence-corrected chi connectivity index (χ4v) is 5.20. The number of aryl methyl sites for hydroxylation is 1. The summed E-state index contributed by atoms with van der Waals surface area (Å²) in [7, 11) is 3.83. The lowest BCUT2D eigenvalue weighted by molar-refractivity contribution is -0.143. The molecular weight excluding hydrogens is 576 g/mol. The van der Waals surface area contributed by atoms with E-state index in [-0.39, 0.29) is 12.6 Å². The number of hydrogen-bond acceptors (Lipinski definition) is 5. The van der Waals surface area contributed by atoms with Crippen molar-refractivity contribution >= 4 is 22.5 Å². The number of benzene rings is 2. The SMILES string of the molecule is C/C(CN1CCN(C(=O)c2cc(C(F)(F)F)cc(C(F)(F)F)c2)C(Cc2c[nH]c3ccc(C)cc23)C1)=N\OCCN(C)C. The highest BCUT2D eigenvalue weighted by Crippen LogP contribution is 2.37. The van der Waals surface area contributed by atoms with Crippen LogP contribution in [0.25, 0.3) is 10.9 Å². The van der Waals surface area contributed by atoms with Crippen LogP contribution < -0.4 is 0 Å². The Morgan fingerprint density at radius 3 is 2.35 bits per heavy atom. The fraction of sp³-hybridized carbons (Fsp3) is 0.467. The Morgan fingerprint density at radius 1 is 1.05 bits per heavy atom. The summed E-state index contributed by atoms with van der Waals surface area (Å²) in [5, 5.41) is 5.10. The van der Waals surface area contributed by atoms with Crippen LogP contribution in [0, 0.1) is 6.92 Å². The number of amides is 1. The molecule has 1 N–H and O–H groups in total. The van der Waals surface area contributed by atoms with Gasteiger partial charge in [-0.25, -0.2) is 0 Å². The van der Waals surface area contributed by atoms with Gasteiger partial charge in [0.2, 0.25) is 0 Å². The minimum Gasteiger partial charge on any atom is -0.394 e. The van der Waals surface area contributed by atoms with Gasteiger partial charge in [0.25, 0.3) is 5.91 Å². The van der Waals surface area contributed by atoms with E-state index in [1.165, 1.54) is 4.90 Å². The number of aromatic amines is 1. The van der Waals surface area contributed by atoms with E-state index >= 15 is 0 Å². The predicted molar refractivity (Wildman–Crippen MR) is 152 cm³/mol. The zero-order valence-corrected chi connectivity index (χ0v) is 24.4. The third-order valence-electron chi connectivity index (χ3n) is 7.34. The van der Waals surface area contributed by atoms with Crippen molar-refractivity contribution < 1.29 is 36.0 Å². The molecule has 1 aliphatic rings. The number of piperazine rings is 1. The molecule has 2 aromatic carbocycles. The van der Waals surface area contributed by atoms with Gasteiger partial charge in [-0.1, -0.05) is 16.8 Å². The third-order valence-corrected chi connectivity index (χ3v) is 7.34. The summed E-state index contributed by atoms with van der Waals surface area (Å²) in [6, 6.07) is 6.38. The molecule has 1 amide bonds. The van der Waals surface area contributed by atoms with E-state index in [4.69, 9.17) is 4.84 Å². The Hall–Kier alpha value is -3.58. The van der Waals surface area contributed by atoms with Crippen molar-refractivity contribution in [1.29, 1.82) is 0 Å². The van der Waals surface area contributed by atoms with E-state index in [1.54, 1.807) is 0 Å². The maximum absolute atomic E-state index is 13.7. The summed E-state index contributed by atoms with van der Waals surface area (Å²) in [4.78, 5) is 27.7. The zero-order chi connectivity index (χ0) is 31.5. The maximum atomic E-state index is 13.7. The summed E-state index contributed by atoms with van der Waals surface area (Å²) in [5.41, 5.74) is -0.188. The number of halogens is 6. The number of oxime groups is 1. The maximum Gasteiger partial charge on any atom is 0.416 e. The third kappa shape index (κ3) is 8.29. The second-order valence-electron chi connectivity index (χ2n) is 11.2. The first-order valence-electron chi connectivity index (χ1n) is 13.8. The molecule has 1 saturated heterocycles.